The number of aryl methyl sites for hydroxylation is 1. The van der Waals surface area contributed by atoms with Gasteiger partial charge in [-0.05, 0) is 32.4 Å². The average Bonchev–Trinajstić information content (AvgIpc) is 2.28. The first kappa shape index (κ1) is 13.5. The third kappa shape index (κ3) is 5.92. The normalized spacial score (nSPS) is 11.9. The fraction of sp³-hybridized carbons (Fsp3) is 0.462. The quantitative estimate of drug-likeness (QED) is 0.780. The molecule has 0 aliphatic heterocycles. The molecular weight excluding hydrogens is 216 g/mol. The van der Waals surface area contributed by atoms with E-state index in [4.69, 9.17) is 10.5 Å². The molecule has 3 N–H and O–H groups in total. The first-order valence-electron chi connectivity index (χ1n) is 5.79. The molecule has 1 aromatic carbocycles. The summed E-state index contributed by atoms with van der Waals surface area (Å²) < 4.78 is 5.34. The molecule has 0 radical (unpaired) electrons. The molecule has 0 heterocycles. The molecule has 0 saturated carbocycles. The molecule has 1 unspecified atom stereocenters. The molecule has 17 heavy (non-hydrogen) atoms. The third-order valence-corrected chi connectivity index (χ3v) is 2.31. The van der Waals surface area contributed by atoms with Gasteiger partial charge in [0.1, 0.15) is 5.75 Å². The Bertz CT molecular complexity index is 347. The fourth-order valence-corrected chi connectivity index (χ4v) is 1.27. The van der Waals surface area contributed by atoms with Gasteiger partial charge in [-0.2, -0.15) is 0 Å². The molecule has 0 saturated heterocycles. The van der Waals surface area contributed by atoms with Crippen LogP contribution in [0.2, 0.25) is 0 Å². The van der Waals surface area contributed by atoms with Gasteiger partial charge in [-0.1, -0.05) is 17.7 Å². The summed E-state index contributed by atoms with van der Waals surface area (Å²) in [5.41, 5.74) is 6.74. The smallest absolute Gasteiger partial charge is 0.257 e. The number of nitrogens with one attached hydrogen (secondary N) is 1. The Hall–Kier alpha value is -1.55. The highest BCUT2D eigenvalue weighted by Gasteiger charge is 2.02. The number of amides is 1. The fourth-order valence-electron chi connectivity index (χ4n) is 1.27. The monoisotopic (exact) mass is 236 g/mol. The van der Waals surface area contributed by atoms with E-state index in [1.165, 1.54) is 5.56 Å². The summed E-state index contributed by atoms with van der Waals surface area (Å²) in [4.78, 5) is 11.4. The second kappa shape index (κ2) is 6.91. The number of hydrogen-bond donors (Lipinski definition) is 2. The van der Waals surface area contributed by atoms with Crippen LogP contribution in [0.3, 0.4) is 0 Å². The van der Waals surface area contributed by atoms with E-state index < -0.39 is 0 Å². The van der Waals surface area contributed by atoms with E-state index in [0.717, 1.165) is 6.42 Å². The van der Waals surface area contributed by atoms with Crippen LogP contribution in [0.25, 0.3) is 0 Å². The standard InChI is InChI=1S/C13H20N2O2/c1-10-3-5-12(6-4-10)17-9-13(16)15-8-7-11(2)14/h3-6,11H,7-9,14H2,1-2H3,(H,15,16). The number of benzene rings is 1. The Morgan fingerprint density at radius 1 is 1.41 bits per heavy atom. The lowest BCUT2D eigenvalue weighted by Gasteiger charge is -2.08. The molecule has 4 heteroatoms. The SMILES string of the molecule is Cc1ccc(OCC(=O)NCCC(C)N)cc1. The Balaban J connectivity index is 2.21. The van der Waals surface area contributed by atoms with E-state index >= 15 is 0 Å². The van der Waals surface area contributed by atoms with E-state index in [1.807, 2.05) is 38.1 Å². The van der Waals surface area contributed by atoms with Gasteiger partial charge in [0.2, 0.25) is 0 Å². The van der Waals surface area contributed by atoms with Crippen molar-refractivity contribution in [3.05, 3.63) is 29.8 Å². The van der Waals surface area contributed by atoms with Gasteiger partial charge in [-0.15, -0.1) is 0 Å². The number of nitrogens with two attached hydrogens (primary N) is 1. The maximum Gasteiger partial charge on any atom is 0.257 e. The Labute approximate surface area is 102 Å². The van der Waals surface area contributed by atoms with Gasteiger partial charge in [0.25, 0.3) is 5.91 Å². The minimum atomic E-state index is -0.119. The molecule has 1 atom stereocenters. The van der Waals surface area contributed by atoms with Crippen LogP contribution in [-0.2, 0) is 4.79 Å². The Morgan fingerprint density at radius 3 is 2.65 bits per heavy atom. The number of carbonyl (C=O) groups excluding carboxylic acids is 1. The Morgan fingerprint density at radius 2 is 2.06 bits per heavy atom. The molecule has 0 aliphatic rings. The van der Waals surface area contributed by atoms with Gasteiger partial charge in [-0.25, -0.2) is 0 Å². The highest BCUT2D eigenvalue weighted by Crippen LogP contribution is 2.10. The lowest BCUT2D eigenvalue weighted by Crippen LogP contribution is -2.32. The van der Waals surface area contributed by atoms with E-state index in [9.17, 15) is 4.79 Å². The summed E-state index contributed by atoms with van der Waals surface area (Å²) in [6.45, 7) is 4.55. The third-order valence-electron chi connectivity index (χ3n) is 2.31. The summed E-state index contributed by atoms with van der Waals surface area (Å²) >= 11 is 0. The van der Waals surface area contributed by atoms with Crippen molar-refractivity contribution in [2.45, 2.75) is 26.3 Å². The average molecular weight is 236 g/mol. The summed E-state index contributed by atoms with van der Waals surface area (Å²) in [6, 6.07) is 7.70. The van der Waals surface area contributed by atoms with Crippen LogP contribution in [-0.4, -0.2) is 25.1 Å². The van der Waals surface area contributed by atoms with E-state index in [2.05, 4.69) is 5.32 Å². The van der Waals surface area contributed by atoms with Gasteiger partial charge in [0.15, 0.2) is 6.61 Å². The number of hydrogen-bond acceptors (Lipinski definition) is 3. The van der Waals surface area contributed by atoms with Gasteiger partial charge in [0.05, 0.1) is 0 Å². The predicted molar refractivity (Wildman–Crippen MR) is 68.0 cm³/mol. The molecular formula is C13H20N2O2. The zero-order valence-corrected chi connectivity index (χ0v) is 10.4. The molecule has 0 aromatic heterocycles. The summed E-state index contributed by atoms with van der Waals surface area (Å²) in [7, 11) is 0. The van der Waals surface area contributed by atoms with Crippen LogP contribution < -0.4 is 15.8 Å². The van der Waals surface area contributed by atoms with E-state index in [-0.39, 0.29) is 18.6 Å². The van der Waals surface area contributed by atoms with Crippen molar-refractivity contribution >= 4 is 5.91 Å². The van der Waals surface area contributed by atoms with Crippen molar-refractivity contribution in [2.24, 2.45) is 5.73 Å². The van der Waals surface area contributed by atoms with Crippen LogP contribution >= 0.6 is 0 Å². The highest BCUT2D eigenvalue weighted by molar-refractivity contribution is 5.77. The predicted octanol–water partition coefficient (Wildman–Crippen LogP) is 1.23. The van der Waals surface area contributed by atoms with Crippen molar-refractivity contribution in [3.63, 3.8) is 0 Å². The maximum absolute atomic E-state index is 11.4. The van der Waals surface area contributed by atoms with E-state index in [0.29, 0.717) is 12.3 Å². The second-order valence-electron chi connectivity index (χ2n) is 4.22. The maximum atomic E-state index is 11.4. The number of rotatable bonds is 6. The minimum Gasteiger partial charge on any atom is -0.484 e. The summed E-state index contributed by atoms with van der Waals surface area (Å²) in [5, 5.41) is 2.75. The van der Waals surface area contributed by atoms with Gasteiger partial charge in [0, 0.05) is 12.6 Å². The number of ether oxygens (including phenoxy) is 1. The van der Waals surface area contributed by atoms with Crippen molar-refractivity contribution in [1.82, 2.24) is 5.32 Å². The topological polar surface area (TPSA) is 64.3 Å². The van der Waals surface area contributed by atoms with Crippen LogP contribution in [0.5, 0.6) is 5.75 Å². The van der Waals surface area contributed by atoms with Crippen LogP contribution in [0, 0.1) is 6.92 Å². The molecule has 0 spiro atoms. The Kier molecular flexibility index (Phi) is 5.49. The molecule has 0 bridgehead atoms. The number of carbonyl (C=O) groups is 1. The van der Waals surface area contributed by atoms with Crippen molar-refractivity contribution < 1.29 is 9.53 Å². The zero-order chi connectivity index (χ0) is 12.7. The van der Waals surface area contributed by atoms with E-state index in [1.54, 1.807) is 0 Å². The van der Waals surface area contributed by atoms with Crippen LogP contribution in [0.1, 0.15) is 18.9 Å². The lowest BCUT2D eigenvalue weighted by atomic mass is 10.2. The van der Waals surface area contributed by atoms with Crippen molar-refractivity contribution in [2.75, 3.05) is 13.2 Å². The second-order valence-corrected chi connectivity index (χ2v) is 4.22. The van der Waals surface area contributed by atoms with Crippen LogP contribution in [0.15, 0.2) is 24.3 Å². The zero-order valence-electron chi connectivity index (χ0n) is 10.4. The summed E-state index contributed by atoms with van der Waals surface area (Å²) in [6.07, 6.45) is 0.774. The van der Waals surface area contributed by atoms with Crippen LogP contribution in [0.4, 0.5) is 0 Å². The first-order valence-corrected chi connectivity index (χ1v) is 5.79. The molecule has 1 aromatic rings. The van der Waals surface area contributed by atoms with Gasteiger partial charge >= 0.3 is 0 Å². The van der Waals surface area contributed by atoms with Crippen molar-refractivity contribution in [1.29, 1.82) is 0 Å². The van der Waals surface area contributed by atoms with Gasteiger partial charge in [-0.3, -0.25) is 4.79 Å². The molecule has 0 fully saturated rings. The van der Waals surface area contributed by atoms with Gasteiger partial charge < -0.3 is 15.8 Å². The first-order chi connectivity index (χ1) is 8.08. The summed E-state index contributed by atoms with van der Waals surface area (Å²) in [5.74, 6) is 0.587. The molecule has 0 aliphatic carbocycles. The lowest BCUT2D eigenvalue weighted by molar-refractivity contribution is -0.123. The molecule has 4 nitrogen and oxygen atoms in total. The molecule has 1 rings (SSSR count). The molecule has 1 amide bonds. The molecule has 94 valence electrons. The largest absolute Gasteiger partial charge is 0.484 e. The highest BCUT2D eigenvalue weighted by atomic mass is 16.5. The van der Waals surface area contributed by atoms with Crippen molar-refractivity contribution in [3.8, 4) is 5.75 Å². The minimum absolute atomic E-state index is 0.0437.